The van der Waals surface area contributed by atoms with Crippen molar-refractivity contribution in [3.63, 3.8) is 0 Å². The molecular formula is C16H12FNO3. The molecule has 1 aromatic heterocycles. The Bertz CT molecular complexity index is 921. The Morgan fingerprint density at radius 3 is 2.67 bits per heavy atom. The summed E-state index contributed by atoms with van der Waals surface area (Å²) in [4.78, 5) is 23.9. The van der Waals surface area contributed by atoms with Crippen LogP contribution in [0.25, 0.3) is 11.1 Å². The first-order chi connectivity index (χ1) is 9.97. The summed E-state index contributed by atoms with van der Waals surface area (Å²) in [6.45, 7) is 1.68. The highest BCUT2D eigenvalue weighted by Gasteiger charge is 2.15. The molecule has 0 aliphatic rings. The van der Waals surface area contributed by atoms with Crippen molar-refractivity contribution in [1.29, 1.82) is 0 Å². The van der Waals surface area contributed by atoms with Crippen LogP contribution in [0.3, 0.4) is 0 Å². The van der Waals surface area contributed by atoms with Crippen molar-refractivity contribution in [3.05, 3.63) is 69.5 Å². The van der Waals surface area contributed by atoms with Gasteiger partial charge in [0.05, 0.1) is 5.52 Å². The smallest absolute Gasteiger partial charge is 0.408 e. The van der Waals surface area contributed by atoms with Gasteiger partial charge in [0.15, 0.2) is 11.4 Å². The van der Waals surface area contributed by atoms with Crippen LogP contribution >= 0.6 is 0 Å². The quantitative estimate of drug-likeness (QED) is 0.680. The standard InChI is InChI=1S/C16H12FNO3/c1-9-7-11(17)4-5-12(9)15(19)10-3-6-13-14(8-10)21-16(20)18(13)2/h3-8H,1-2H3. The molecule has 106 valence electrons. The Labute approximate surface area is 119 Å². The number of ketones is 1. The number of rotatable bonds is 2. The van der Waals surface area contributed by atoms with Crippen LogP contribution in [-0.4, -0.2) is 10.4 Å². The van der Waals surface area contributed by atoms with Crippen molar-refractivity contribution in [1.82, 2.24) is 4.57 Å². The van der Waals surface area contributed by atoms with E-state index in [0.29, 0.717) is 27.8 Å². The lowest BCUT2D eigenvalue weighted by Gasteiger charge is -2.05. The number of oxazole rings is 1. The first-order valence-corrected chi connectivity index (χ1v) is 6.38. The summed E-state index contributed by atoms with van der Waals surface area (Å²) in [5.41, 5.74) is 2.36. The molecule has 0 amide bonds. The van der Waals surface area contributed by atoms with E-state index in [0.717, 1.165) is 0 Å². The Hall–Kier alpha value is -2.69. The number of nitrogens with zero attached hydrogens (tertiary/aromatic N) is 1. The Kier molecular flexibility index (Phi) is 2.97. The van der Waals surface area contributed by atoms with Crippen LogP contribution in [0.2, 0.25) is 0 Å². The number of halogens is 1. The van der Waals surface area contributed by atoms with Crippen molar-refractivity contribution in [2.45, 2.75) is 6.92 Å². The van der Waals surface area contributed by atoms with Crippen LogP contribution < -0.4 is 5.76 Å². The highest BCUT2D eigenvalue weighted by atomic mass is 19.1. The zero-order chi connectivity index (χ0) is 15.1. The maximum Gasteiger partial charge on any atom is 0.419 e. The van der Waals surface area contributed by atoms with Crippen molar-refractivity contribution in [2.24, 2.45) is 7.05 Å². The molecular weight excluding hydrogens is 273 g/mol. The van der Waals surface area contributed by atoms with Crippen LogP contribution in [0.4, 0.5) is 4.39 Å². The van der Waals surface area contributed by atoms with Crippen LogP contribution in [0.15, 0.2) is 45.6 Å². The number of fused-ring (bicyclic) bond motifs is 1. The highest BCUT2D eigenvalue weighted by molar-refractivity contribution is 6.11. The van der Waals surface area contributed by atoms with Gasteiger partial charge in [-0.05, 0) is 48.9 Å². The summed E-state index contributed by atoms with van der Waals surface area (Å²) in [6, 6.07) is 8.84. The monoisotopic (exact) mass is 285 g/mol. The molecule has 2 aromatic carbocycles. The van der Waals surface area contributed by atoms with Crippen LogP contribution in [0, 0.1) is 12.7 Å². The van der Waals surface area contributed by atoms with Gasteiger partial charge < -0.3 is 4.42 Å². The second kappa shape index (κ2) is 4.70. The molecule has 21 heavy (non-hydrogen) atoms. The van der Waals surface area contributed by atoms with Crippen molar-refractivity contribution >= 4 is 16.9 Å². The van der Waals surface area contributed by atoms with Crippen LogP contribution in [0.1, 0.15) is 21.5 Å². The molecule has 0 unspecified atom stereocenters. The fourth-order valence-electron chi connectivity index (χ4n) is 2.31. The fraction of sp³-hybridized carbons (Fsp3) is 0.125. The second-order valence-electron chi connectivity index (χ2n) is 4.90. The minimum Gasteiger partial charge on any atom is -0.408 e. The van der Waals surface area contributed by atoms with Gasteiger partial charge in [-0.3, -0.25) is 9.36 Å². The van der Waals surface area contributed by atoms with Crippen molar-refractivity contribution in [3.8, 4) is 0 Å². The molecule has 5 heteroatoms. The third-order valence-corrected chi connectivity index (χ3v) is 3.49. The third-order valence-electron chi connectivity index (χ3n) is 3.49. The maximum atomic E-state index is 13.1. The average molecular weight is 285 g/mol. The molecule has 0 aliphatic heterocycles. The van der Waals surface area contributed by atoms with E-state index >= 15 is 0 Å². The molecule has 3 rings (SSSR count). The SMILES string of the molecule is Cc1cc(F)ccc1C(=O)c1ccc2c(c1)oc(=O)n2C. The average Bonchev–Trinajstić information content (AvgIpc) is 2.73. The first-order valence-electron chi connectivity index (χ1n) is 6.38. The van der Waals surface area contributed by atoms with Crippen LogP contribution in [-0.2, 0) is 7.05 Å². The first kappa shape index (κ1) is 13.3. The molecule has 0 atom stereocenters. The largest absolute Gasteiger partial charge is 0.419 e. The van der Waals surface area contributed by atoms with E-state index in [4.69, 9.17) is 4.42 Å². The van der Waals surface area contributed by atoms with Gasteiger partial charge in [-0.2, -0.15) is 0 Å². The molecule has 4 nitrogen and oxygen atoms in total. The molecule has 0 bridgehead atoms. The molecule has 1 heterocycles. The van der Waals surface area contributed by atoms with Crippen molar-refractivity contribution < 1.29 is 13.6 Å². The molecule has 0 saturated heterocycles. The number of hydrogen-bond donors (Lipinski definition) is 0. The van der Waals surface area contributed by atoms with E-state index < -0.39 is 5.76 Å². The zero-order valence-corrected chi connectivity index (χ0v) is 11.5. The van der Waals surface area contributed by atoms with Gasteiger partial charge in [0.2, 0.25) is 0 Å². The Morgan fingerprint density at radius 2 is 1.95 bits per heavy atom. The lowest BCUT2D eigenvalue weighted by Crippen LogP contribution is -2.08. The van der Waals surface area contributed by atoms with E-state index in [1.165, 1.54) is 28.8 Å². The molecule has 0 spiro atoms. The third kappa shape index (κ3) is 2.16. The Morgan fingerprint density at radius 1 is 1.19 bits per heavy atom. The van der Waals surface area contributed by atoms with E-state index in [2.05, 4.69) is 0 Å². The summed E-state index contributed by atoms with van der Waals surface area (Å²) < 4.78 is 19.5. The summed E-state index contributed by atoms with van der Waals surface area (Å²) in [6.07, 6.45) is 0. The number of aryl methyl sites for hydroxylation is 2. The molecule has 0 saturated carbocycles. The highest BCUT2D eigenvalue weighted by Crippen LogP contribution is 2.19. The lowest BCUT2D eigenvalue weighted by atomic mass is 9.99. The van der Waals surface area contributed by atoms with Gasteiger partial charge in [0.25, 0.3) is 0 Å². The fourth-order valence-corrected chi connectivity index (χ4v) is 2.31. The predicted octanol–water partition coefficient (Wildman–Crippen LogP) is 2.81. The predicted molar refractivity (Wildman–Crippen MR) is 76.0 cm³/mol. The van der Waals surface area contributed by atoms with Gasteiger partial charge in [-0.1, -0.05) is 0 Å². The van der Waals surface area contributed by atoms with Gasteiger partial charge in [-0.15, -0.1) is 0 Å². The second-order valence-corrected chi connectivity index (χ2v) is 4.90. The summed E-state index contributed by atoms with van der Waals surface area (Å²) >= 11 is 0. The van der Waals surface area contributed by atoms with Gasteiger partial charge >= 0.3 is 5.76 Å². The summed E-state index contributed by atoms with van der Waals surface area (Å²) in [5.74, 6) is -1.10. The summed E-state index contributed by atoms with van der Waals surface area (Å²) in [5, 5.41) is 0. The van der Waals surface area contributed by atoms with E-state index in [1.54, 1.807) is 26.1 Å². The van der Waals surface area contributed by atoms with Crippen LogP contribution in [0.5, 0.6) is 0 Å². The molecule has 0 aliphatic carbocycles. The van der Waals surface area contributed by atoms with Gasteiger partial charge in [0.1, 0.15) is 5.82 Å². The van der Waals surface area contributed by atoms with Crippen molar-refractivity contribution in [2.75, 3.05) is 0 Å². The Balaban J connectivity index is 2.11. The number of carbonyl (C=O) groups excluding carboxylic acids is 1. The van der Waals surface area contributed by atoms with E-state index in [1.807, 2.05) is 0 Å². The normalized spacial score (nSPS) is 11.0. The molecule has 0 fully saturated rings. The van der Waals surface area contributed by atoms with Gasteiger partial charge in [-0.25, -0.2) is 9.18 Å². The molecule has 0 N–H and O–H groups in total. The minimum absolute atomic E-state index is 0.235. The number of hydrogen-bond acceptors (Lipinski definition) is 3. The maximum absolute atomic E-state index is 13.1. The van der Waals surface area contributed by atoms with Gasteiger partial charge in [0, 0.05) is 18.2 Å². The number of carbonyl (C=O) groups is 1. The molecule has 3 aromatic rings. The lowest BCUT2D eigenvalue weighted by molar-refractivity contribution is 0.103. The zero-order valence-electron chi connectivity index (χ0n) is 11.5. The van der Waals surface area contributed by atoms with E-state index in [9.17, 15) is 14.0 Å². The number of benzene rings is 2. The topological polar surface area (TPSA) is 52.2 Å². The summed E-state index contributed by atoms with van der Waals surface area (Å²) in [7, 11) is 1.60. The van der Waals surface area contributed by atoms with E-state index in [-0.39, 0.29) is 11.6 Å². The minimum atomic E-state index is -0.479. The number of aromatic nitrogens is 1. The molecule has 0 radical (unpaired) electrons.